The molecule has 0 aliphatic carbocycles. The van der Waals surface area contributed by atoms with E-state index < -0.39 is 11.9 Å². The highest BCUT2D eigenvalue weighted by Gasteiger charge is 2.10. The van der Waals surface area contributed by atoms with Gasteiger partial charge in [-0.25, -0.2) is 4.98 Å². The molecule has 0 bridgehead atoms. The van der Waals surface area contributed by atoms with Gasteiger partial charge in [-0.05, 0) is 12.1 Å². The fourth-order valence-corrected chi connectivity index (χ4v) is 0.674. The molecule has 0 unspecified atom stereocenters. The molecule has 0 saturated carbocycles. The first-order valence-corrected chi connectivity index (χ1v) is 3.05. The monoisotopic (exact) mass is 165 g/mol. The summed E-state index contributed by atoms with van der Waals surface area (Å²) in [6.45, 7) is 0. The van der Waals surface area contributed by atoms with Gasteiger partial charge in [0.25, 0.3) is 5.91 Å². The summed E-state index contributed by atoms with van der Waals surface area (Å²) in [7, 11) is 0. The molecule has 0 fully saturated rings. The van der Waals surface area contributed by atoms with E-state index in [9.17, 15) is 9.18 Å². The van der Waals surface area contributed by atoms with Crippen molar-refractivity contribution in [3.63, 3.8) is 0 Å². The fourth-order valence-electron chi connectivity index (χ4n) is 0.674. The number of hydrogen-bond acceptors (Lipinski definition) is 3. The number of nitrogens with one attached hydrogen (secondary N) is 1. The maximum atomic E-state index is 12.7. The van der Waals surface area contributed by atoms with Crippen molar-refractivity contribution >= 4 is 5.91 Å². The Balaban J connectivity index is 2.97. The highest BCUT2D eigenvalue weighted by atomic mass is 19.1. The van der Waals surface area contributed by atoms with Gasteiger partial charge in [0.15, 0.2) is 6.19 Å². The average Bonchev–Trinajstić information content (AvgIpc) is 2.05. The van der Waals surface area contributed by atoms with E-state index in [0.717, 1.165) is 0 Å². The largest absolute Gasteiger partial charge is 0.268 e. The Bertz CT molecular complexity index is 345. The van der Waals surface area contributed by atoms with Crippen molar-refractivity contribution in [1.82, 2.24) is 10.3 Å². The molecular formula is C7H4FN3O. The van der Waals surface area contributed by atoms with Crippen molar-refractivity contribution < 1.29 is 9.18 Å². The second-order valence-electron chi connectivity index (χ2n) is 1.91. The number of carbonyl (C=O) groups excluding carboxylic acids is 1. The van der Waals surface area contributed by atoms with Gasteiger partial charge in [-0.15, -0.1) is 0 Å². The van der Waals surface area contributed by atoms with Crippen molar-refractivity contribution in [3.8, 4) is 6.19 Å². The first-order valence-electron chi connectivity index (χ1n) is 3.05. The summed E-state index contributed by atoms with van der Waals surface area (Å²) < 4.78 is 12.7. The third-order valence-electron chi connectivity index (χ3n) is 1.17. The molecule has 0 aromatic carbocycles. The fraction of sp³-hybridized carbons (Fsp3) is 0. The molecule has 60 valence electrons. The molecule has 1 heterocycles. The van der Waals surface area contributed by atoms with Crippen LogP contribution >= 0.6 is 0 Å². The molecule has 0 aliphatic heterocycles. The molecule has 1 rings (SSSR count). The molecule has 0 spiro atoms. The first-order chi connectivity index (χ1) is 5.75. The zero-order chi connectivity index (χ0) is 8.97. The van der Waals surface area contributed by atoms with E-state index in [1.807, 2.05) is 0 Å². The minimum absolute atomic E-state index is 0.237. The van der Waals surface area contributed by atoms with E-state index in [0.29, 0.717) is 0 Å². The summed E-state index contributed by atoms with van der Waals surface area (Å²) in [4.78, 5) is 14.1. The zero-order valence-corrected chi connectivity index (χ0v) is 5.91. The third kappa shape index (κ3) is 1.55. The Morgan fingerprint density at radius 1 is 1.75 bits per heavy atom. The van der Waals surface area contributed by atoms with Crippen LogP contribution in [0.25, 0.3) is 0 Å². The summed E-state index contributed by atoms with van der Waals surface area (Å²) >= 11 is 0. The van der Waals surface area contributed by atoms with Gasteiger partial charge in [-0.2, -0.15) is 9.65 Å². The predicted molar refractivity (Wildman–Crippen MR) is 37.3 cm³/mol. The van der Waals surface area contributed by atoms with Crippen LogP contribution in [0.2, 0.25) is 0 Å². The molecule has 1 aromatic rings. The lowest BCUT2D eigenvalue weighted by Crippen LogP contribution is -2.19. The standard InChI is InChI=1S/C7H4FN3O/c8-6-5(2-1-3-10-6)7(12)11-4-9/h1-3H,(H,11,12). The lowest BCUT2D eigenvalue weighted by molar-refractivity contribution is 0.0968. The molecule has 0 aliphatic rings. The van der Waals surface area contributed by atoms with Crippen LogP contribution in [0.3, 0.4) is 0 Å². The number of pyridine rings is 1. The smallest absolute Gasteiger partial charge is 0.268 e. The van der Waals surface area contributed by atoms with Gasteiger partial charge >= 0.3 is 0 Å². The number of hydrogen-bond donors (Lipinski definition) is 1. The highest BCUT2D eigenvalue weighted by molar-refractivity contribution is 5.94. The normalized spacial score (nSPS) is 8.67. The highest BCUT2D eigenvalue weighted by Crippen LogP contribution is 2.01. The van der Waals surface area contributed by atoms with Crippen LogP contribution in [-0.4, -0.2) is 10.9 Å². The number of amides is 1. The SMILES string of the molecule is N#CNC(=O)c1cccnc1F. The topological polar surface area (TPSA) is 65.8 Å². The average molecular weight is 165 g/mol. The molecule has 4 nitrogen and oxygen atoms in total. The third-order valence-corrected chi connectivity index (χ3v) is 1.17. The van der Waals surface area contributed by atoms with Crippen LogP contribution in [0, 0.1) is 17.4 Å². The summed E-state index contributed by atoms with van der Waals surface area (Å²) in [6.07, 6.45) is 2.62. The molecular weight excluding hydrogens is 161 g/mol. The number of aromatic nitrogens is 1. The van der Waals surface area contributed by atoms with Crippen molar-refractivity contribution in [2.24, 2.45) is 0 Å². The Labute approximate surface area is 67.7 Å². The predicted octanol–water partition coefficient (Wildman–Crippen LogP) is 0.432. The van der Waals surface area contributed by atoms with Crippen molar-refractivity contribution in [3.05, 3.63) is 29.8 Å². The molecule has 1 aromatic heterocycles. The molecule has 0 saturated heterocycles. The molecule has 0 atom stereocenters. The van der Waals surface area contributed by atoms with Gasteiger partial charge in [-0.3, -0.25) is 10.1 Å². The zero-order valence-electron chi connectivity index (χ0n) is 5.91. The lowest BCUT2D eigenvalue weighted by Gasteiger charge is -1.96. The van der Waals surface area contributed by atoms with E-state index in [1.54, 1.807) is 5.32 Å². The Kier molecular flexibility index (Phi) is 2.33. The van der Waals surface area contributed by atoms with Crippen molar-refractivity contribution in [2.45, 2.75) is 0 Å². The van der Waals surface area contributed by atoms with Crippen molar-refractivity contribution in [2.75, 3.05) is 0 Å². The van der Waals surface area contributed by atoms with Gasteiger partial charge in [0.1, 0.15) is 0 Å². The molecule has 0 radical (unpaired) electrons. The maximum absolute atomic E-state index is 12.7. The first kappa shape index (κ1) is 8.14. The number of carbonyl (C=O) groups is 1. The van der Waals surface area contributed by atoms with Gasteiger partial charge in [0.2, 0.25) is 5.95 Å². The van der Waals surface area contributed by atoms with Crippen LogP contribution in [0.5, 0.6) is 0 Å². The quantitative estimate of drug-likeness (QED) is 0.373. The molecule has 12 heavy (non-hydrogen) atoms. The van der Waals surface area contributed by atoms with E-state index in [4.69, 9.17) is 5.26 Å². The van der Waals surface area contributed by atoms with E-state index in [1.165, 1.54) is 24.5 Å². The molecule has 5 heteroatoms. The minimum atomic E-state index is -0.884. The minimum Gasteiger partial charge on any atom is -0.268 e. The van der Waals surface area contributed by atoms with Crippen molar-refractivity contribution in [1.29, 1.82) is 5.26 Å². The number of rotatable bonds is 1. The molecule has 1 N–H and O–H groups in total. The van der Waals surface area contributed by atoms with Crippen LogP contribution in [-0.2, 0) is 0 Å². The van der Waals surface area contributed by atoms with Crippen LogP contribution in [0.4, 0.5) is 4.39 Å². The maximum Gasteiger partial charge on any atom is 0.268 e. The molecule has 1 amide bonds. The Morgan fingerprint density at radius 2 is 2.50 bits per heavy atom. The van der Waals surface area contributed by atoms with Gasteiger partial charge < -0.3 is 0 Å². The van der Waals surface area contributed by atoms with E-state index in [-0.39, 0.29) is 5.56 Å². The van der Waals surface area contributed by atoms with Crippen LogP contribution < -0.4 is 5.32 Å². The summed E-state index contributed by atoms with van der Waals surface area (Å²) in [5.41, 5.74) is -0.237. The number of nitriles is 1. The van der Waals surface area contributed by atoms with E-state index >= 15 is 0 Å². The second kappa shape index (κ2) is 3.44. The van der Waals surface area contributed by atoms with Gasteiger partial charge in [0, 0.05) is 6.20 Å². The summed E-state index contributed by atoms with van der Waals surface area (Å²) in [5, 5.41) is 9.85. The van der Waals surface area contributed by atoms with Gasteiger partial charge in [-0.1, -0.05) is 0 Å². The Morgan fingerprint density at radius 3 is 3.08 bits per heavy atom. The Hall–Kier alpha value is -1.96. The van der Waals surface area contributed by atoms with Crippen LogP contribution in [0.15, 0.2) is 18.3 Å². The van der Waals surface area contributed by atoms with E-state index in [2.05, 4.69) is 4.98 Å². The van der Waals surface area contributed by atoms with Gasteiger partial charge in [0.05, 0.1) is 5.56 Å². The second-order valence-corrected chi connectivity index (χ2v) is 1.91. The number of nitrogens with zero attached hydrogens (tertiary/aromatic N) is 2. The summed E-state index contributed by atoms with van der Waals surface area (Å²) in [5.74, 6) is -1.67. The lowest BCUT2D eigenvalue weighted by atomic mass is 10.2. The van der Waals surface area contributed by atoms with Crippen LogP contribution in [0.1, 0.15) is 10.4 Å². The number of halogens is 1. The summed E-state index contributed by atoms with van der Waals surface area (Å²) in [6, 6.07) is 2.66.